The summed E-state index contributed by atoms with van der Waals surface area (Å²) in [6.07, 6.45) is 0. The maximum atomic E-state index is 5.81. The molecule has 96 valence electrons. The number of nitrogens with one attached hydrogen (secondary N) is 1. The molecule has 2 nitrogen and oxygen atoms in total. The van der Waals surface area contributed by atoms with Crippen LogP contribution >= 0.6 is 15.9 Å². The standard InChI is InChI=1S/C15H18BrNO/c1-11(2)9-17-10-14-7-8-15(18-14)12-3-5-13(16)6-4-12/h3-8,11,17H,9-10H2,1-2H3. The second-order valence-corrected chi connectivity index (χ2v) is 5.71. The molecule has 2 rings (SSSR count). The van der Waals surface area contributed by atoms with Gasteiger partial charge in [-0.15, -0.1) is 0 Å². The minimum absolute atomic E-state index is 0.658. The molecule has 0 unspecified atom stereocenters. The average molecular weight is 308 g/mol. The molecule has 1 aromatic heterocycles. The van der Waals surface area contributed by atoms with E-state index in [0.717, 1.165) is 34.6 Å². The van der Waals surface area contributed by atoms with Crippen LogP contribution in [0.15, 0.2) is 45.3 Å². The zero-order valence-corrected chi connectivity index (χ0v) is 12.3. The fourth-order valence-corrected chi connectivity index (χ4v) is 1.99. The molecule has 0 aliphatic carbocycles. The molecule has 3 heteroatoms. The van der Waals surface area contributed by atoms with Gasteiger partial charge < -0.3 is 9.73 Å². The average Bonchev–Trinajstić information content (AvgIpc) is 2.78. The first-order valence-corrected chi connectivity index (χ1v) is 7.00. The van der Waals surface area contributed by atoms with Crippen LogP contribution in [0.3, 0.4) is 0 Å². The Labute approximate surface area is 117 Å². The van der Waals surface area contributed by atoms with Crippen molar-refractivity contribution in [3.8, 4) is 11.3 Å². The Kier molecular flexibility index (Phi) is 4.61. The Morgan fingerprint density at radius 1 is 1.11 bits per heavy atom. The number of rotatable bonds is 5. The summed E-state index contributed by atoms with van der Waals surface area (Å²) >= 11 is 3.43. The summed E-state index contributed by atoms with van der Waals surface area (Å²) in [7, 11) is 0. The lowest BCUT2D eigenvalue weighted by Crippen LogP contribution is -2.18. The monoisotopic (exact) mass is 307 g/mol. The topological polar surface area (TPSA) is 25.2 Å². The van der Waals surface area contributed by atoms with Gasteiger partial charge in [0.1, 0.15) is 11.5 Å². The molecule has 0 aliphatic heterocycles. The second kappa shape index (κ2) is 6.21. The lowest BCUT2D eigenvalue weighted by atomic mass is 10.2. The SMILES string of the molecule is CC(C)CNCc1ccc(-c2ccc(Br)cc2)o1. The van der Waals surface area contributed by atoms with Crippen LogP contribution in [0.25, 0.3) is 11.3 Å². The largest absolute Gasteiger partial charge is 0.460 e. The van der Waals surface area contributed by atoms with Crippen LogP contribution in [0.4, 0.5) is 0 Å². The number of hydrogen-bond acceptors (Lipinski definition) is 2. The first-order chi connectivity index (χ1) is 8.65. The highest BCUT2D eigenvalue weighted by molar-refractivity contribution is 9.10. The van der Waals surface area contributed by atoms with Gasteiger partial charge in [-0.2, -0.15) is 0 Å². The van der Waals surface area contributed by atoms with Gasteiger partial charge in [0.25, 0.3) is 0 Å². The number of furan rings is 1. The Morgan fingerprint density at radius 3 is 2.50 bits per heavy atom. The molecule has 18 heavy (non-hydrogen) atoms. The summed E-state index contributed by atoms with van der Waals surface area (Å²) in [5.74, 6) is 2.56. The third-order valence-corrected chi connectivity index (χ3v) is 3.17. The predicted octanol–water partition coefficient (Wildman–Crippen LogP) is 4.45. The Balaban J connectivity index is 1.99. The molecular formula is C15H18BrNO. The van der Waals surface area contributed by atoms with E-state index in [1.165, 1.54) is 0 Å². The molecule has 0 atom stereocenters. The molecular weight excluding hydrogens is 290 g/mol. The summed E-state index contributed by atoms with van der Waals surface area (Å²) in [5, 5.41) is 3.37. The van der Waals surface area contributed by atoms with Crippen LogP contribution in [-0.2, 0) is 6.54 Å². The van der Waals surface area contributed by atoms with Crippen LogP contribution in [0, 0.1) is 5.92 Å². The molecule has 0 bridgehead atoms. The smallest absolute Gasteiger partial charge is 0.134 e. The van der Waals surface area contributed by atoms with Gasteiger partial charge in [0, 0.05) is 10.0 Å². The van der Waals surface area contributed by atoms with Crippen molar-refractivity contribution in [2.45, 2.75) is 20.4 Å². The molecule has 1 aromatic carbocycles. The van der Waals surface area contributed by atoms with Crippen molar-refractivity contribution in [1.29, 1.82) is 0 Å². The molecule has 2 aromatic rings. The van der Waals surface area contributed by atoms with Crippen LogP contribution in [0.5, 0.6) is 0 Å². The molecule has 0 aliphatic rings. The fraction of sp³-hybridized carbons (Fsp3) is 0.333. The van der Waals surface area contributed by atoms with Gasteiger partial charge in [-0.3, -0.25) is 0 Å². The summed E-state index contributed by atoms with van der Waals surface area (Å²) < 4.78 is 6.89. The van der Waals surface area contributed by atoms with Crippen molar-refractivity contribution in [3.63, 3.8) is 0 Å². The molecule has 0 saturated carbocycles. The summed E-state index contributed by atoms with van der Waals surface area (Å²) in [6, 6.07) is 12.2. The van der Waals surface area contributed by atoms with Crippen LogP contribution in [-0.4, -0.2) is 6.54 Å². The van der Waals surface area contributed by atoms with Crippen LogP contribution < -0.4 is 5.32 Å². The molecule has 0 fully saturated rings. The van der Waals surface area contributed by atoms with Gasteiger partial charge >= 0.3 is 0 Å². The van der Waals surface area contributed by atoms with Gasteiger partial charge in [-0.05, 0) is 36.7 Å². The van der Waals surface area contributed by atoms with Gasteiger partial charge in [0.15, 0.2) is 0 Å². The van der Waals surface area contributed by atoms with E-state index in [9.17, 15) is 0 Å². The maximum absolute atomic E-state index is 5.81. The van der Waals surface area contributed by atoms with Crippen molar-refractivity contribution in [3.05, 3.63) is 46.6 Å². The lowest BCUT2D eigenvalue weighted by Gasteiger charge is -2.05. The minimum Gasteiger partial charge on any atom is -0.460 e. The van der Waals surface area contributed by atoms with Crippen LogP contribution in [0.2, 0.25) is 0 Å². The zero-order chi connectivity index (χ0) is 13.0. The fourth-order valence-electron chi connectivity index (χ4n) is 1.73. The highest BCUT2D eigenvalue weighted by Gasteiger charge is 2.04. The van der Waals surface area contributed by atoms with Crippen LogP contribution in [0.1, 0.15) is 19.6 Å². The number of benzene rings is 1. The first-order valence-electron chi connectivity index (χ1n) is 6.20. The first kappa shape index (κ1) is 13.4. The molecule has 1 N–H and O–H groups in total. The number of halogens is 1. The summed E-state index contributed by atoms with van der Waals surface area (Å²) in [5.41, 5.74) is 1.10. The Hall–Kier alpha value is -1.06. The van der Waals surface area contributed by atoms with Gasteiger partial charge in [-0.25, -0.2) is 0 Å². The van der Waals surface area contributed by atoms with Crippen molar-refractivity contribution < 1.29 is 4.42 Å². The van der Waals surface area contributed by atoms with E-state index in [2.05, 4.69) is 35.1 Å². The third-order valence-electron chi connectivity index (χ3n) is 2.64. The van der Waals surface area contributed by atoms with Crippen molar-refractivity contribution in [1.82, 2.24) is 5.32 Å². The highest BCUT2D eigenvalue weighted by atomic mass is 79.9. The Bertz CT molecular complexity index is 487. The zero-order valence-electron chi connectivity index (χ0n) is 10.7. The molecule has 1 heterocycles. The summed E-state index contributed by atoms with van der Waals surface area (Å²) in [6.45, 7) is 6.19. The van der Waals surface area contributed by atoms with Gasteiger partial charge in [0.05, 0.1) is 6.54 Å². The van der Waals surface area contributed by atoms with E-state index in [1.54, 1.807) is 0 Å². The summed E-state index contributed by atoms with van der Waals surface area (Å²) in [4.78, 5) is 0. The molecule has 0 radical (unpaired) electrons. The second-order valence-electron chi connectivity index (χ2n) is 4.80. The number of hydrogen-bond donors (Lipinski definition) is 1. The van der Waals surface area contributed by atoms with Crippen molar-refractivity contribution in [2.75, 3.05) is 6.54 Å². The maximum Gasteiger partial charge on any atom is 0.134 e. The highest BCUT2D eigenvalue weighted by Crippen LogP contribution is 2.23. The normalized spacial score (nSPS) is 11.1. The third kappa shape index (κ3) is 3.72. The quantitative estimate of drug-likeness (QED) is 0.882. The predicted molar refractivity (Wildman–Crippen MR) is 78.4 cm³/mol. The molecule has 0 saturated heterocycles. The van der Waals surface area contributed by atoms with Gasteiger partial charge in [-0.1, -0.05) is 41.9 Å². The van der Waals surface area contributed by atoms with E-state index >= 15 is 0 Å². The van der Waals surface area contributed by atoms with Crippen molar-refractivity contribution >= 4 is 15.9 Å². The molecule has 0 amide bonds. The van der Waals surface area contributed by atoms with Crippen molar-refractivity contribution in [2.24, 2.45) is 5.92 Å². The van der Waals surface area contributed by atoms with Gasteiger partial charge in [0.2, 0.25) is 0 Å². The van der Waals surface area contributed by atoms with E-state index in [-0.39, 0.29) is 0 Å². The van der Waals surface area contributed by atoms with E-state index < -0.39 is 0 Å². The van der Waals surface area contributed by atoms with E-state index in [0.29, 0.717) is 5.92 Å². The molecule has 0 spiro atoms. The Morgan fingerprint density at radius 2 is 1.83 bits per heavy atom. The minimum atomic E-state index is 0.658. The lowest BCUT2D eigenvalue weighted by molar-refractivity contribution is 0.472. The van der Waals surface area contributed by atoms with E-state index in [4.69, 9.17) is 4.42 Å². The van der Waals surface area contributed by atoms with E-state index in [1.807, 2.05) is 36.4 Å².